The minimum atomic E-state index is -0.102. The van der Waals surface area contributed by atoms with Gasteiger partial charge < -0.3 is 25.8 Å². The minimum Gasteiger partial charge on any atom is -0.390 e. The molecule has 130 valence electrons. The van der Waals surface area contributed by atoms with E-state index in [1.54, 1.807) is 17.9 Å². The van der Waals surface area contributed by atoms with Gasteiger partial charge in [-0.1, -0.05) is 0 Å². The van der Waals surface area contributed by atoms with E-state index in [-0.39, 0.29) is 12.7 Å². The summed E-state index contributed by atoms with van der Waals surface area (Å²) in [5.41, 5.74) is 3.12. The number of aliphatic hydroxyl groups excluding tert-OH is 1. The van der Waals surface area contributed by atoms with Gasteiger partial charge in [0.1, 0.15) is 0 Å². The van der Waals surface area contributed by atoms with E-state index in [9.17, 15) is 5.11 Å². The van der Waals surface area contributed by atoms with E-state index in [1.807, 2.05) is 13.0 Å². The predicted octanol–water partition coefficient (Wildman–Crippen LogP) is 0.155. The van der Waals surface area contributed by atoms with Crippen molar-refractivity contribution in [3.05, 3.63) is 23.7 Å². The van der Waals surface area contributed by atoms with Crippen molar-refractivity contribution in [2.45, 2.75) is 19.6 Å². The SMILES string of the molecule is Cc1nnc(Nc2cnn(C)c2CO)cc1NC[C@@H]1CNCCO1. The van der Waals surface area contributed by atoms with Gasteiger partial charge >= 0.3 is 0 Å². The molecule has 24 heavy (non-hydrogen) atoms. The van der Waals surface area contributed by atoms with Crippen LogP contribution in [-0.2, 0) is 18.4 Å². The van der Waals surface area contributed by atoms with Crippen LogP contribution in [-0.4, -0.2) is 57.4 Å². The maximum absolute atomic E-state index is 9.42. The number of hydrogen-bond acceptors (Lipinski definition) is 8. The highest BCUT2D eigenvalue weighted by Gasteiger charge is 2.14. The number of nitrogens with one attached hydrogen (secondary N) is 3. The van der Waals surface area contributed by atoms with Gasteiger partial charge in [0.15, 0.2) is 5.82 Å². The Labute approximate surface area is 140 Å². The molecule has 0 bridgehead atoms. The first-order valence-corrected chi connectivity index (χ1v) is 7.96. The number of aryl methyl sites for hydroxylation is 2. The molecular weight excluding hydrogens is 310 g/mol. The van der Waals surface area contributed by atoms with Crippen LogP contribution in [0.15, 0.2) is 12.3 Å². The third kappa shape index (κ3) is 3.81. The minimum absolute atomic E-state index is 0.102. The van der Waals surface area contributed by atoms with Gasteiger partial charge in [-0.2, -0.15) is 10.2 Å². The zero-order valence-electron chi connectivity index (χ0n) is 13.9. The van der Waals surface area contributed by atoms with Crippen molar-refractivity contribution in [1.82, 2.24) is 25.3 Å². The largest absolute Gasteiger partial charge is 0.390 e. The van der Waals surface area contributed by atoms with Crippen molar-refractivity contribution in [3.63, 3.8) is 0 Å². The standard InChI is InChI=1S/C15H23N7O2/c1-10-12(17-7-11-6-16-3-4-24-11)5-15(21-20-10)19-13-8-18-22(2)14(13)9-23/h5,8,11,16,23H,3-4,6-7,9H2,1-2H3,(H2,17,19,21)/t11-/m0/s1. The number of rotatable bonds is 6. The van der Waals surface area contributed by atoms with E-state index >= 15 is 0 Å². The molecule has 9 heteroatoms. The molecule has 2 aromatic rings. The normalized spacial score (nSPS) is 17.7. The summed E-state index contributed by atoms with van der Waals surface area (Å²) in [5.74, 6) is 0.591. The second kappa shape index (κ2) is 7.56. The topological polar surface area (TPSA) is 109 Å². The van der Waals surface area contributed by atoms with Crippen molar-refractivity contribution in [2.24, 2.45) is 7.05 Å². The van der Waals surface area contributed by atoms with Gasteiger partial charge in [0.2, 0.25) is 0 Å². The second-order valence-corrected chi connectivity index (χ2v) is 5.72. The average Bonchev–Trinajstić information content (AvgIpc) is 2.95. The van der Waals surface area contributed by atoms with Crippen LogP contribution < -0.4 is 16.0 Å². The Balaban J connectivity index is 1.68. The Morgan fingerprint density at radius 1 is 1.42 bits per heavy atom. The molecule has 3 rings (SSSR count). The Morgan fingerprint density at radius 2 is 2.29 bits per heavy atom. The van der Waals surface area contributed by atoms with Crippen molar-refractivity contribution in [3.8, 4) is 0 Å². The summed E-state index contributed by atoms with van der Waals surface area (Å²) in [4.78, 5) is 0. The lowest BCUT2D eigenvalue weighted by Crippen LogP contribution is -2.42. The molecule has 0 radical (unpaired) electrons. The molecule has 1 saturated heterocycles. The van der Waals surface area contributed by atoms with Gasteiger partial charge in [-0.25, -0.2) is 0 Å². The molecule has 0 saturated carbocycles. The summed E-state index contributed by atoms with van der Waals surface area (Å²) >= 11 is 0. The number of hydrogen-bond donors (Lipinski definition) is 4. The third-order valence-corrected chi connectivity index (χ3v) is 3.98. The maximum Gasteiger partial charge on any atom is 0.155 e. The van der Waals surface area contributed by atoms with E-state index < -0.39 is 0 Å². The van der Waals surface area contributed by atoms with Gasteiger partial charge in [-0.05, 0) is 6.92 Å². The van der Waals surface area contributed by atoms with E-state index in [0.717, 1.165) is 31.1 Å². The lowest BCUT2D eigenvalue weighted by atomic mass is 10.2. The molecule has 0 unspecified atom stereocenters. The van der Waals surface area contributed by atoms with Crippen LogP contribution >= 0.6 is 0 Å². The lowest BCUT2D eigenvalue weighted by molar-refractivity contribution is 0.0372. The Hall–Kier alpha value is -2.23. The molecule has 1 fully saturated rings. The van der Waals surface area contributed by atoms with Gasteiger partial charge in [-0.3, -0.25) is 4.68 Å². The highest BCUT2D eigenvalue weighted by atomic mass is 16.5. The number of aromatic nitrogens is 4. The molecule has 0 aromatic carbocycles. The number of morpholine rings is 1. The summed E-state index contributed by atoms with van der Waals surface area (Å²) in [6, 6.07) is 1.90. The van der Waals surface area contributed by atoms with Gasteiger partial charge in [0, 0.05) is 32.7 Å². The Bertz CT molecular complexity index is 682. The number of anilines is 3. The fourth-order valence-electron chi connectivity index (χ4n) is 2.56. The number of aliphatic hydroxyl groups is 1. The molecule has 0 amide bonds. The quantitative estimate of drug-likeness (QED) is 0.592. The maximum atomic E-state index is 9.42. The lowest BCUT2D eigenvalue weighted by Gasteiger charge is -2.24. The molecule has 1 aliphatic heterocycles. The average molecular weight is 333 g/mol. The fraction of sp³-hybridized carbons (Fsp3) is 0.533. The summed E-state index contributed by atoms with van der Waals surface area (Å²) in [6.07, 6.45) is 1.80. The molecule has 0 spiro atoms. The Kier molecular flexibility index (Phi) is 5.24. The summed E-state index contributed by atoms with van der Waals surface area (Å²) < 4.78 is 7.30. The molecule has 1 aliphatic rings. The van der Waals surface area contributed by atoms with E-state index in [0.29, 0.717) is 23.7 Å². The van der Waals surface area contributed by atoms with Gasteiger partial charge in [0.05, 0.1) is 48.3 Å². The van der Waals surface area contributed by atoms with Crippen LogP contribution in [0, 0.1) is 6.92 Å². The zero-order valence-corrected chi connectivity index (χ0v) is 13.9. The van der Waals surface area contributed by atoms with Crippen LogP contribution in [0.25, 0.3) is 0 Å². The van der Waals surface area contributed by atoms with E-state index in [4.69, 9.17) is 4.74 Å². The molecular formula is C15H23N7O2. The van der Waals surface area contributed by atoms with Crippen LogP contribution in [0.5, 0.6) is 0 Å². The van der Waals surface area contributed by atoms with Crippen molar-refractivity contribution < 1.29 is 9.84 Å². The molecule has 4 N–H and O–H groups in total. The highest BCUT2D eigenvalue weighted by Crippen LogP contribution is 2.22. The van der Waals surface area contributed by atoms with Crippen LogP contribution in [0.2, 0.25) is 0 Å². The van der Waals surface area contributed by atoms with Gasteiger partial charge in [0.25, 0.3) is 0 Å². The molecule has 1 atom stereocenters. The molecule has 3 heterocycles. The first-order valence-electron chi connectivity index (χ1n) is 7.96. The molecule has 2 aromatic heterocycles. The van der Waals surface area contributed by atoms with Crippen LogP contribution in [0.4, 0.5) is 17.2 Å². The third-order valence-electron chi connectivity index (χ3n) is 3.98. The summed E-state index contributed by atoms with van der Waals surface area (Å²) in [5, 5.41) is 31.7. The van der Waals surface area contributed by atoms with Crippen LogP contribution in [0.1, 0.15) is 11.4 Å². The fourth-order valence-corrected chi connectivity index (χ4v) is 2.56. The smallest absolute Gasteiger partial charge is 0.155 e. The summed E-state index contributed by atoms with van der Waals surface area (Å²) in [6.45, 7) is 4.98. The second-order valence-electron chi connectivity index (χ2n) is 5.72. The van der Waals surface area contributed by atoms with E-state index in [1.165, 1.54) is 0 Å². The highest BCUT2D eigenvalue weighted by molar-refractivity contribution is 5.62. The van der Waals surface area contributed by atoms with E-state index in [2.05, 4.69) is 31.2 Å². The monoisotopic (exact) mass is 333 g/mol. The number of nitrogens with zero attached hydrogens (tertiary/aromatic N) is 4. The van der Waals surface area contributed by atoms with Crippen molar-refractivity contribution >= 4 is 17.2 Å². The predicted molar refractivity (Wildman–Crippen MR) is 90.3 cm³/mol. The first-order chi connectivity index (χ1) is 11.7. The molecule has 9 nitrogen and oxygen atoms in total. The first kappa shape index (κ1) is 16.6. The zero-order chi connectivity index (χ0) is 16.9. The number of ether oxygens (including phenoxy) is 1. The Morgan fingerprint density at radius 3 is 3.04 bits per heavy atom. The van der Waals surface area contributed by atoms with Crippen molar-refractivity contribution in [1.29, 1.82) is 0 Å². The molecule has 0 aliphatic carbocycles. The van der Waals surface area contributed by atoms with Crippen LogP contribution in [0.3, 0.4) is 0 Å². The van der Waals surface area contributed by atoms with Gasteiger partial charge in [-0.15, -0.1) is 5.10 Å². The summed E-state index contributed by atoms with van der Waals surface area (Å²) in [7, 11) is 1.78. The van der Waals surface area contributed by atoms with Crippen molar-refractivity contribution in [2.75, 3.05) is 36.9 Å².